The van der Waals surface area contributed by atoms with Crippen LogP contribution in [0.15, 0.2) is 48.7 Å². The number of benzene rings is 1. The molecule has 0 aliphatic carbocycles. The number of nitriles is 1. The Morgan fingerprint density at radius 1 is 1.22 bits per heavy atom. The van der Waals surface area contributed by atoms with Gasteiger partial charge in [-0.3, -0.25) is 4.90 Å². The first-order valence-corrected chi connectivity index (χ1v) is 10.6. The van der Waals surface area contributed by atoms with Crippen molar-refractivity contribution in [3.8, 4) is 6.07 Å². The molecule has 0 unspecified atom stereocenters. The Morgan fingerprint density at radius 3 is 2.72 bits per heavy atom. The highest BCUT2D eigenvalue weighted by atomic mass is 16.4. The van der Waals surface area contributed by atoms with E-state index in [1.807, 2.05) is 31.2 Å². The van der Waals surface area contributed by atoms with Gasteiger partial charge >= 0.3 is 5.97 Å². The summed E-state index contributed by atoms with van der Waals surface area (Å²) >= 11 is 0. The highest BCUT2D eigenvalue weighted by Crippen LogP contribution is 2.32. The standard InChI is InChI=1S/C24H24N6O2/c1-16-27-21(12-23(28-16)29-20-10-9-19(13-25)26-14-20)22-4-2-3-11-30(22)15-17-5-7-18(8-6-17)24(31)32/h5-10,12,14,22H,2-4,11,15H2,1H3,(H,31,32)(H,27,28,29)/t22-/m0/s1. The maximum absolute atomic E-state index is 11.1. The van der Waals surface area contributed by atoms with Crippen LogP contribution >= 0.6 is 0 Å². The molecule has 1 aliphatic heterocycles. The number of carboxylic acid groups (broad SMARTS) is 1. The number of hydrogen-bond donors (Lipinski definition) is 2. The van der Waals surface area contributed by atoms with E-state index in [9.17, 15) is 4.79 Å². The summed E-state index contributed by atoms with van der Waals surface area (Å²) in [6, 6.07) is 14.7. The molecule has 32 heavy (non-hydrogen) atoms. The lowest BCUT2D eigenvalue weighted by Gasteiger charge is -2.35. The zero-order valence-electron chi connectivity index (χ0n) is 17.8. The number of hydrogen-bond acceptors (Lipinski definition) is 7. The minimum absolute atomic E-state index is 0.157. The second kappa shape index (κ2) is 9.54. The predicted molar refractivity (Wildman–Crippen MR) is 119 cm³/mol. The number of nitrogens with one attached hydrogen (secondary N) is 1. The molecule has 8 nitrogen and oxygen atoms in total. The number of carbonyl (C=O) groups is 1. The van der Waals surface area contributed by atoms with E-state index >= 15 is 0 Å². The van der Waals surface area contributed by atoms with Crippen molar-refractivity contribution in [2.24, 2.45) is 0 Å². The summed E-state index contributed by atoms with van der Waals surface area (Å²) in [6.45, 7) is 3.57. The molecular weight excluding hydrogens is 404 g/mol. The molecule has 2 aromatic heterocycles. The first kappa shape index (κ1) is 21.4. The summed E-state index contributed by atoms with van der Waals surface area (Å²) in [5, 5.41) is 21.3. The summed E-state index contributed by atoms with van der Waals surface area (Å²) in [5.41, 5.74) is 3.46. The van der Waals surface area contributed by atoms with Gasteiger partial charge in [-0.25, -0.2) is 19.7 Å². The van der Waals surface area contributed by atoms with Crippen molar-refractivity contribution in [2.75, 3.05) is 11.9 Å². The van der Waals surface area contributed by atoms with Gasteiger partial charge in [0, 0.05) is 12.6 Å². The number of rotatable bonds is 6. The van der Waals surface area contributed by atoms with Crippen LogP contribution in [-0.4, -0.2) is 37.5 Å². The fraction of sp³-hybridized carbons (Fsp3) is 0.292. The van der Waals surface area contributed by atoms with Gasteiger partial charge in [-0.1, -0.05) is 18.6 Å². The first-order valence-electron chi connectivity index (χ1n) is 10.6. The molecule has 8 heteroatoms. The van der Waals surface area contributed by atoms with Crippen LogP contribution in [0, 0.1) is 18.3 Å². The maximum atomic E-state index is 11.1. The highest BCUT2D eigenvalue weighted by molar-refractivity contribution is 5.87. The summed E-state index contributed by atoms with van der Waals surface area (Å²) < 4.78 is 0. The number of likely N-dealkylation sites (tertiary alicyclic amines) is 1. The van der Waals surface area contributed by atoms with E-state index in [0.717, 1.165) is 49.3 Å². The SMILES string of the molecule is Cc1nc(Nc2ccc(C#N)nc2)cc([C@@H]2CCCCN2Cc2ccc(C(=O)O)cc2)n1. The quantitative estimate of drug-likeness (QED) is 0.600. The molecule has 1 aromatic carbocycles. The second-order valence-electron chi connectivity index (χ2n) is 7.88. The minimum atomic E-state index is -0.915. The van der Waals surface area contributed by atoms with Crippen LogP contribution < -0.4 is 5.32 Å². The molecule has 3 aromatic rings. The highest BCUT2D eigenvalue weighted by Gasteiger charge is 2.26. The number of aromatic nitrogens is 3. The smallest absolute Gasteiger partial charge is 0.335 e. The number of pyridine rings is 1. The third-order valence-corrected chi connectivity index (χ3v) is 5.55. The molecule has 2 N–H and O–H groups in total. The summed E-state index contributed by atoms with van der Waals surface area (Å²) in [4.78, 5) is 26.8. The molecule has 0 saturated carbocycles. The normalized spacial score (nSPS) is 16.3. The monoisotopic (exact) mass is 428 g/mol. The lowest BCUT2D eigenvalue weighted by Crippen LogP contribution is -2.33. The molecule has 1 saturated heterocycles. The van der Waals surface area contributed by atoms with E-state index in [2.05, 4.69) is 20.2 Å². The van der Waals surface area contributed by atoms with Crippen molar-refractivity contribution < 1.29 is 9.90 Å². The lowest BCUT2D eigenvalue weighted by molar-refractivity contribution is 0.0697. The minimum Gasteiger partial charge on any atom is -0.478 e. The second-order valence-corrected chi connectivity index (χ2v) is 7.88. The summed E-state index contributed by atoms with van der Waals surface area (Å²) in [7, 11) is 0. The van der Waals surface area contributed by atoms with Gasteiger partial charge in [0.1, 0.15) is 23.4 Å². The molecular formula is C24H24N6O2. The van der Waals surface area contributed by atoms with Crippen LogP contribution in [0.4, 0.5) is 11.5 Å². The van der Waals surface area contributed by atoms with Crippen LogP contribution in [0.5, 0.6) is 0 Å². The molecule has 3 heterocycles. The fourth-order valence-corrected chi connectivity index (χ4v) is 4.01. The van der Waals surface area contributed by atoms with Gasteiger partial charge in [0.05, 0.1) is 29.2 Å². The molecule has 0 amide bonds. The van der Waals surface area contributed by atoms with Crippen molar-refractivity contribution in [1.82, 2.24) is 19.9 Å². The molecule has 0 spiro atoms. The Labute approximate surface area is 186 Å². The Hall–Kier alpha value is -3.83. The van der Waals surface area contributed by atoms with Gasteiger partial charge in [0.25, 0.3) is 0 Å². The van der Waals surface area contributed by atoms with Gasteiger partial charge in [0.15, 0.2) is 0 Å². The number of piperidine rings is 1. The third kappa shape index (κ3) is 5.07. The number of aromatic carboxylic acids is 1. The molecule has 1 atom stereocenters. The van der Waals surface area contributed by atoms with E-state index < -0.39 is 5.97 Å². The van der Waals surface area contributed by atoms with Crippen molar-refractivity contribution >= 4 is 17.5 Å². The molecule has 1 fully saturated rings. The van der Waals surface area contributed by atoms with E-state index in [1.165, 1.54) is 0 Å². The zero-order chi connectivity index (χ0) is 22.5. The summed E-state index contributed by atoms with van der Waals surface area (Å²) in [5.74, 6) is 0.458. The zero-order valence-corrected chi connectivity index (χ0v) is 17.8. The number of nitrogens with zero attached hydrogens (tertiary/aromatic N) is 5. The fourth-order valence-electron chi connectivity index (χ4n) is 4.01. The molecule has 1 aliphatic rings. The van der Waals surface area contributed by atoms with Crippen molar-refractivity contribution in [1.29, 1.82) is 5.26 Å². The van der Waals surface area contributed by atoms with Gasteiger partial charge in [0.2, 0.25) is 0 Å². The van der Waals surface area contributed by atoms with Crippen LogP contribution in [-0.2, 0) is 6.54 Å². The topological polar surface area (TPSA) is 115 Å². The average molecular weight is 428 g/mol. The van der Waals surface area contributed by atoms with Crippen molar-refractivity contribution in [2.45, 2.75) is 38.8 Å². The average Bonchev–Trinajstić information content (AvgIpc) is 2.80. The number of carboxylic acids is 1. The Morgan fingerprint density at radius 2 is 2.03 bits per heavy atom. The van der Waals surface area contributed by atoms with Crippen molar-refractivity contribution in [3.63, 3.8) is 0 Å². The molecule has 162 valence electrons. The van der Waals surface area contributed by atoms with Crippen LogP contribution in [0.1, 0.15) is 58.4 Å². The molecule has 0 radical (unpaired) electrons. The van der Waals surface area contributed by atoms with Crippen LogP contribution in [0.2, 0.25) is 0 Å². The molecule has 4 rings (SSSR count). The number of aryl methyl sites for hydroxylation is 1. The largest absolute Gasteiger partial charge is 0.478 e. The van der Waals surface area contributed by atoms with E-state index in [1.54, 1.807) is 30.5 Å². The van der Waals surface area contributed by atoms with Crippen LogP contribution in [0.3, 0.4) is 0 Å². The number of anilines is 2. The van der Waals surface area contributed by atoms with Crippen molar-refractivity contribution in [3.05, 3.63) is 77.0 Å². The van der Waals surface area contributed by atoms with Gasteiger partial charge in [-0.2, -0.15) is 5.26 Å². The summed E-state index contributed by atoms with van der Waals surface area (Å²) in [6.07, 6.45) is 4.87. The molecule has 0 bridgehead atoms. The van der Waals surface area contributed by atoms with Gasteiger partial charge < -0.3 is 10.4 Å². The van der Waals surface area contributed by atoms with E-state index in [4.69, 9.17) is 15.4 Å². The van der Waals surface area contributed by atoms with Crippen LogP contribution in [0.25, 0.3) is 0 Å². The lowest BCUT2D eigenvalue weighted by atomic mass is 9.98. The third-order valence-electron chi connectivity index (χ3n) is 5.55. The maximum Gasteiger partial charge on any atom is 0.335 e. The van der Waals surface area contributed by atoms with E-state index in [0.29, 0.717) is 22.9 Å². The van der Waals surface area contributed by atoms with E-state index in [-0.39, 0.29) is 6.04 Å². The van der Waals surface area contributed by atoms with Gasteiger partial charge in [-0.05, 0) is 56.1 Å². The Kier molecular flexibility index (Phi) is 6.38. The predicted octanol–water partition coefficient (Wildman–Crippen LogP) is 4.22. The Balaban J connectivity index is 1.54. The first-order chi connectivity index (χ1) is 15.5. The Bertz CT molecular complexity index is 1140. The van der Waals surface area contributed by atoms with Gasteiger partial charge in [-0.15, -0.1) is 0 Å².